The first-order chi connectivity index (χ1) is 8.33. The molecule has 0 aliphatic carbocycles. The molecule has 0 atom stereocenters. The summed E-state index contributed by atoms with van der Waals surface area (Å²) < 4.78 is 5.01. The standard InChI is InChI=1S/C15H18O2/c1-2-3-7-13-17-15(16)12-8-11-14-9-5-4-6-10-14/h3-11H,2,12-13H2,1H3/b7-3+,11-8+. The van der Waals surface area contributed by atoms with Gasteiger partial charge in [-0.1, -0.05) is 61.6 Å². The first-order valence-corrected chi connectivity index (χ1v) is 5.85. The highest BCUT2D eigenvalue weighted by molar-refractivity contribution is 5.72. The molecule has 1 aromatic carbocycles. The van der Waals surface area contributed by atoms with Gasteiger partial charge in [0, 0.05) is 0 Å². The summed E-state index contributed by atoms with van der Waals surface area (Å²) in [6.45, 7) is 2.41. The average Bonchev–Trinajstić information content (AvgIpc) is 2.36. The van der Waals surface area contributed by atoms with Crippen LogP contribution in [0.25, 0.3) is 6.08 Å². The summed E-state index contributed by atoms with van der Waals surface area (Å²) in [6.07, 6.45) is 8.86. The van der Waals surface area contributed by atoms with Gasteiger partial charge in [-0.25, -0.2) is 0 Å². The van der Waals surface area contributed by atoms with Crippen molar-refractivity contribution in [2.45, 2.75) is 19.8 Å². The van der Waals surface area contributed by atoms with Crippen LogP contribution in [0, 0.1) is 0 Å². The summed E-state index contributed by atoms with van der Waals surface area (Å²) in [6, 6.07) is 9.88. The zero-order valence-corrected chi connectivity index (χ0v) is 10.1. The third-order valence-electron chi connectivity index (χ3n) is 2.14. The third kappa shape index (κ3) is 6.36. The zero-order valence-electron chi connectivity index (χ0n) is 10.1. The van der Waals surface area contributed by atoms with Crippen molar-refractivity contribution in [3.05, 3.63) is 54.1 Å². The van der Waals surface area contributed by atoms with Gasteiger partial charge in [0.2, 0.25) is 0 Å². The maximum Gasteiger partial charge on any atom is 0.309 e. The SMILES string of the molecule is CC/C=C/COC(=O)C/C=C/c1ccccc1. The van der Waals surface area contributed by atoms with Crippen LogP contribution < -0.4 is 0 Å². The lowest BCUT2D eigenvalue weighted by Crippen LogP contribution is -2.02. The summed E-state index contributed by atoms with van der Waals surface area (Å²) in [7, 11) is 0. The number of allylic oxidation sites excluding steroid dienone is 1. The molecule has 0 heterocycles. The Labute approximate surface area is 103 Å². The maximum absolute atomic E-state index is 11.3. The van der Waals surface area contributed by atoms with E-state index in [-0.39, 0.29) is 5.97 Å². The third-order valence-corrected chi connectivity index (χ3v) is 2.14. The van der Waals surface area contributed by atoms with E-state index >= 15 is 0 Å². The number of carbonyl (C=O) groups excluding carboxylic acids is 1. The molecule has 0 aliphatic heterocycles. The van der Waals surface area contributed by atoms with Crippen LogP contribution in [-0.4, -0.2) is 12.6 Å². The summed E-state index contributed by atoms with van der Waals surface area (Å²) >= 11 is 0. The van der Waals surface area contributed by atoms with E-state index in [0.29, 0.717) is 13.0 Å². The van der Waals surface area contributed by atoms with Crippen LogP contribution in [0.1, 0.15) is 25.3 Å². The van der Waals surface area contributed by atoms with Crippen molar-refractivity contribution in [3.63, 3.8) is 0 Å². The molecule has 0 spiro atoms. The highest BCUT2D eigenvalue weighted by atomic mass is 16.5. The van der Waals surface area contributed by atoms with E-state index in [1.165, 1.54) is 0 Å². The number of ether oxygens (including phenoxy) is 1. The minimum absolute atomic E-state index is 0.196. The predicted molar refractivity (Wildman–Crippen MR) is 70.5 cm³/mol. The Bertz CT molecular complexity index is 377. The zero-order chi connectivity index (χ0) is 12.3. The predicted octanol–water partition coefficient (Wildman–Crippen LogP) is 3.60. The quantitative estimate of drug-likeness (QED) is 0.551. The lowest BCUT2D eigenvalue weighted by Gasteiger charge is -1.98. The van der Waals surface area contributed by atoms with Gasteiger partial charge in [0.25, 0.3) is 0 Å². The normalized spacial score (nSPS) is 11.1. The van der Waals surface area contributed by atoms with Crippen molar-refractivity contribution in [3.8, 4) is 0 Å². The highest BCUT2D eigenvalue weighted by Gasteiger charge is 1.96. The van der Waals surface area contributed by atoms with E-state index in [1.807, 2.05) is 61.6 Å². The number of esters is 1. The summed E-state index contributed by atoms with van der Waals surface area (Å²) in [4.78, 5) is 11.3. The smallest absolute Gasteiger partial charge is 0.309 e. The molecule has 0 saturated heterocycles. The average molecular weight is 230 g/mol. The van der Waals surface area contributed by atoms with Crippen LogP contribution in [0.3, 0.4) is 0 Å². The monoisotopic (exact) mass is 230 g/mol. The number of hydrogen-bond donors (Lipinski definition) is 0. The lowest BCUT2D eigenvalue weighted by atomic mass is 10.2. The molecule has 1 aromatic rings. The van der Waals surface area contributed by atoms with Gasteiger partial charge < -0.3 is 4.74 Å². The molecular weight excluding hydrogens is 212 g/mol. The Morgan fingerprint density at radius 3 is 2.65 bits per heavy atom. The van der Waals surface area contributed by atoms with E-state index in [0.717, 1.165) is 12.0 Å². The van der Waals surface area contributed by atoms with Gasteiger partial charge in [0.05, 0.1) is 6.42 Å². The summed E-state index contributed by atoms with van der Waals surface area (Å²) in [5.41, 5.74) is 1.09. The van der Waals surface area contributed by atoms with Gasteiger partial charge >= 0.3 is 5.97 Å². The van der Waals surface area contributed by atoms with Gasteiger partial charge in [-0.3, -0.25) is 4.79 Å². The van der Waals surface area contributed by atoms with Crippen molar-refractivity contribution < 1.29 is 9.53 Å². The second-order valence-electron chi connectivity index (χ2n) is 3.58. The van der Waals surface area contributed by atoms with Crippen molar-refractivity contribution in [2.24, 2.45) is 0 Å². The topological polar surface area (TPSA) is 26.3 Å². The number of rotatable bonds is 6. The Balaban J connectivity index is 2.24. The van der Waals surface area contributed by atoms with Gasteiger partial charge in [-0.15, -0.1) is 0 Å². The minimum Gasteiger partial charge on any atom is -0.461 e. The molecule has 2 nitrogen and oxygen atoms in total. The molecule has 0 radical (unpaired) electrons. The number of hydrogen-bond acceptors (Lipinski definition) is 2. The fourth-order valence-electron chi connectivity index (χ4n) is 1.29. The minimum atomic E-state index is -0.196. The summed E-state index contributed by atoms with van der Waals surface area (Å²) in [5.74, 6) is -0.196. The van der Waals surface area contributed by atoms with Gasteiger partial charge in [0.15, 0.2) is 0 Å². The van der Waals surface area contributed by atoms with E-state index in [1.54, 1.807) is 0 Å². The molecule has 0 aliphatic rings. The van der Waals surface area contributed by atoms with Crippen LogP contribution in [0.15, 0.2) is 48.6 Å². The van der Waals surface area contributed by atoms with Gasteiger partial charge in [-0.2, -0.15) is 0 Å². The van der Waals surface area contributed by atoms with Crippen LogP contribution in [0.4, 0.5) is 0 Å². The van der Waals surface area contributed by atoms with Crippen LogP contribution in [-0.2, 0) is 9.53 Å². The Kier molecular flexibility index (Phi) is 6.49. The van der Waals surface area contributed by atoms with Crippen LogP contribution >= 0.6 is 0 Å². The molecule has 1 rings (SSSR count). The maximum atomic E-state index is 11.3. The molecule has 0 aromatic heterocycles. The molecular formula is C15H18O2. The fraction of sp³-hybridized carbons (Fsp3) is 0.267. The summed E-state index contributed by atoms with van der Waals surface area (Å²) in [5, 5.41) is 0. The van der Waals surface area contributed by atoms with E-state index in [9.17, 15) is 4.79 Å². The Hall–Kier alpha value is -1.83. The highest BCUT2D eigenvalue weighted by Crippen LogP contribution is 2.02. The fourth-order valence-corrected chi connectivity index (χ4v) is 1.29. The second kappa shape index (κ2) is 8.34. The molecule has 2 heteroatoms. The molecule has 0 fully saturated rings. The van der Waals surface area contributed by atoms with Crippen LogP contribution in [0.2, 0.25) is 0 Å². The van der Waals surface area contributed by atoms with Gasteiger partial charge in [0.1, 0.15) is 6.61 Å². The molecule has 0 amide bonds. The first-order valence-electron chi connectivity index (χ1n) is 5.85. The van der Waals surface area contributed by atoms with E-state index < -0.39 is 0 Å². The lowest BCUT2D eigenvalue weighted by molar-refractivity contribution is -0.141. The molecule has 0 N–H and O–H groups in total. The molecule has 17 heavy (non-hydrogen) atoms. The largest absolute Gasteiger partial charge is 0.461 e. The molecule has 0 saturated carbocycles. The van der Waals surface area contributed by atoms with Crippen molar-refractivity contribution >= 4 is 12.0 Å². The van der Waals surface area contributed by atoms with Crippen molar-refractivity contribution in [1.82, 2.24) is 0 Å². The van der Waals surface area contributed by atoms with Crippen molar-refractivity contribution in [2.75, 3.05) is 6.61 Å². The Morgan fingerprint density at radius 1 is 1.18 bits per heavy atom. The van der Waals surface area contributed by atoms with Crippen molar-refractivity contribution in [1.29, 1.82) is 0 Å². The van der Waals surface area contributed by atoms with E-state index in [4.69, 9.17) is 4.74 Å². The van der Waals surface area contributed by atoms with E-state index in [2.05, 4.69) is 0 Å². The number of benzene rings is 1. The Morgan fingerprint density at radius 2 is 1.94 bits per heavy atom. The molecule has 0 unspecified atom stereocenters. The number of carbonyl (C=O) groups is 1. The van der Waals surface area contributed by atoms with Gasteiger partial charge in [-0.05, 0) is 12.0 Å². The molecule has 90 valence electrons. The van der Waals surface area contributed by atoms with Crippen LogP contribution in [0.5, 0.6) is 0 Å². The first kappa shape index (κ1) is 13.2. The molecule has 0 bridgehead atoms. The second-order valence-corrected chi connectivity index (χ2v) is 3.58.